The standard InChI is InChI=1S/C15H18N6O2/c1-4-21(12-6-5-7-16-8-12)15(23)13-9-17-14(20(13)3)10-18-19-11(2)22/h5-10H,4H2,1-3H3,(H,19,22). The van der Waals surface area contributed by atoms with Crippen LogP contribution in [0, 0.1) is 0 Å². The Kier molecular flexibility index (Phi) is 5.19. The number of hydrogen-bond donors (Lipinski definition) is 1. The third kappa shape index (κ3) is 3.79. The van der Waals surface area contributed by atoms with Gasteiger partial charge in [-0.05, 0) is 19.1 Å². The second-order valence-electron chi connectivity index (χ2n) is 4.75. The number of carbonyl (C=O) groups excluding carboxylic acids is 2. The largest absolute Gasteiger partial charge is 0.322 e. The van der Waals surface area contributed by atoms with Gasteiger partial charge in [0, 0.05) is 26.7 Å². The lowest BCUT2D eigenvalue weighted by Crippen LogP contribution is -2.32. The molecule has 120 valence electrons. The van der Waals surface area contributed by atoms with Gasteiger partial charge in [0.25, 0.3) is 5.91 Å². The number of amides is 2. The first-order valence-electron chi connectivity index (χ1n) is 7.07. The number of nitrogens with one attached hydrogen (secondary N) is 1. The van der Waals surface area contributed by atoms with E-state index in [0.29, 0.717) is 18.1 Å². The third-order valence-corrected chi connectivity index (χ3v) is 3.16. The minimum Gasteiger partial charge on any atom is -0.322 e. The van der Waals surface area contributed by atoms with Gasteiger partial charge >= 0.3 is 0 Å². The summed E-state index contributed by atoms with van der Waals surface area (Å²) in [7, 11) is 1.71. The van der Waals surface area contributed by atoms with Crippen LogP contribution in [0.1, 0.15) is 30.2 Å². The van der Waals surface area contributed by atoms with Crippen LogP contribution in [0.3, 0.4) is 0 Å². The molecule has 2 amide bonds. The van der Waals surface area contributed by atoms with Crippen LogP contribution in [-0.4, -0.2) is 39.1 Å². The summed E-state index contributed by atoms with van der Waals surface area (Å²) in [6.45, 7) is 3.75. The Morgan fingerprint density at radius 1 is 1.43 bits per heavy atom. The number of imidazole rings is 1. The number of nitrogens with zero attached hydrogens (tertiary/aromatic N) is 5. The zero-order valence-corrected chi connectivity index (χ0v) is 13.2. The van der Waals surface area contributed by atoms with Crippen molar-refractivity contribution in [1.82, 2.24) is 20.0 Å². The number of hydrogen-bond acceptors (Lipinski definition) is 5. The fourth-order valence-corrected chi connectivity index (χ4v) is 2.02. The van der Waals surface area contributed by atoms with Gasteiger partial charge in [-0.25, -0.2) is 10.4 Å². The SMILES string of the molecule is CCN(C(=O)c1cnc(C=NNC(C)=O)n1C)c1cccnc1. The Balaban J connectivity index is 2.24. The highest BCUT2D eigenvalue weighted by Gasteiger charge is 2.20. The summed E-state index contributed by atoms with van der Waals surface area (Å²) in [6.07, 6.45) is 6.16. The molecule has 0 saturated carbocycles. The van der Waals surface area contributed by atoms with Gasteiger partial charge in [-0.2, -0.15) is 5.10 Å². The molecular formula is C15H18N6O2. The van der Waals surface area contributed by atoms with E-state index in [-0.39, 0.29) is 11.8 Å². The first kappa shape index (κ1) is 16.3. The number of aromatic nitrogens is 3. The normalized spacial score (nSPS) is 10.7. The average molecular weight is 314 g/mol. The molecule has 0 saturated heterocycles. The molecule has 0 fully saturated rings. The van der Waals surface area contributed by atoms with Crippen LogP contribution in [-0.2, 0) is 11.8 Å². The van der Waals surface area contributed by atoms with Gasteiger partial charge in [-0.1, -0.05) is 0 Å². The Morgan fingerprint density at radius 3 is 2.83 bits per heavy atom. The van der Waals surface area contributed by atoms with E-state index in [0.717, 1.165) is 5.69 Å². The van der Waals surface area contributed by atoms with E-state index >= 15 is 0 Å². The number of carbonyl (C=O) groups is 2. The first-order valence-corrected chi connectivity index (χ1v) is 7.07. The molecule has 0 aliphatic rings. The molecule has 0 atom stereocenters. The van der Waals surface area contributed by atoms with Crippen molar-refractivity contribution < 1.29 is 9.59 Å². The number of hydrazone groups is 1. The number of anilines is 1. The van der Waals surface area contributed by atoms with Gasteiger partial charge in [0.1, 0.15) is 5.69 Å². The van der Waals surface area contributed by atoms with E-state index in [1.165, 1.54) is 19.3 Å². The zero-order chi connectivity index (χ0) is 16.8. The molecular weight excluding hydrogens is 296 g/mol. The van der Waals surface area contributed by atoms with Gasteiger partial charge in [0.05, 0.1) is 24.3 Å². The smallest absolute Gasteiger partial charge is 0.276 e. The second-order valence-corrected chi connectivity index (χ2v) is 4.75. The molecule has 0 aromatic carbocycles. The second kappa shape index (κ2) is 7.30. The molecule has 8 nitrogen and oxygen atoms in total. The quantitative estimate of drug-likeness (QED) is 0.657. The van der Waals surface area contributed by atoms with Crippen LogP contribution in [0.2, 0.25) is 0 Å². The molecule has 0 spiro atoms. The Labute approximate surface area is 133 Å². The summed E-state index contributed by atoms with van der Waals surface area (Å²) in [5, 5.41) is 3.76. The molecule has 0 unspecified atom stereocenters. The molecule has 0 bridgehead atoms. The van der Waals surface area contributed by atoms with Gasteiger partial charge in [0.15, 0.2) is 5.82 Å². The highest BCUT2D eigenvalue weighted by Crippen LogP contribution is 2.15. The van der Waals surface area contributed by atoms with E-state index in [4.69, 9.17) is 0 Å². The topological polar surface area (TPSA) is 92.5 Å². The summed E-state index contributed by atoms with van der Waals surface area (Å²) in [4.78, 5) is 33.3. The molecule has 2 aromatic heterocycles. The van der Waals surface area contributed by atoms with Crippen LogP contribution in [0.4, 0.5) is 5.69 Å². The van der Waals surface area contributed by atoms with E-state index in [1.807, 2.05) is 13.0 Å². The molecule has 0 radical (unpaired) electrons. The maximum absolute atomic E-state index is 12.7. The van der Waals surface area contributed by atoms with E-state index in [1.54, 1.807) is 35.0 Å². The maximum Gasteiger partial charge on any atom is 0.276 e. The van der Waals surface area contributed by atoms with E-state index < -0.39 is 0 Å². The highest BCUT2D eigenvalue weighted by atomic mass is 16.2. The zero-order valence-electron chi connectivity index (χ0n) is 13.2. The predicted molar refractivity (Wildman–Crippen MR) is 86.2 cm³/mol. The lowest BCUT2D eigenvalue weighted by Gasteiger charge is -2.20. The molecule has 2 aromatic rings. The van der Waals surface area contributed by atoms with Crippen LogP contribution in [0.5, 0.6) is 0 Å². The summed E-state index contributed by atoms with van der Waals surface area (Å²) in [5.74, 6) is -0.000452. The van der Waals surface area contributed by atoms with Crippen molar-refractivity contribution in [3.05, 3.63) is 42.2 Å². The maximum atomic E-state index is 12.7. The number of pyridine rings is 1. The van der Waals surface area contributed by atoms with Crippen molar-refractivity contribution in [3.63, 3.8) is 0 Å². The van der Waals surface area contributed by atoms with Gasteiger partial charge in [-0.3, -0.25) is 14.6 Å². The Morgan fingerprint density at radius 2 is 2.22 bits per heavy atom. The minimum atomic E-state index is -0.277. The summed E-state index contributed by atoms with van der Waals surface area (Å²) < 4.78 is 1.62. The molecule has 0 aliphatic carbocycles. The Bertz CT molecular complexity index is 723. The van der Waals surface area contributed by atoms with Crippen molar-refractivity contribution in [1.29, 1.82) is 0 Å². The lowest BCUT2D eigenvalue weighted by molar-refractivity contribution is -0.118. The van der Waals surface area contributed by atoms with Crippen molar-refractivity contribution in [3.8, 4) is 0 Å². The minimum absolute atomic E-state index is 0.185. The summed E-state index contributed by atoms with van der Waals surface area (Å²) in [6, 6.07) is 3.60. The van der Waals surface area contributed by atoms with Crippen molar-refractivity contribution in [2.24, 2.45) is 12.1 Å². The predicted octanol–water partition coefficient (Wildman–Crippen LogP) is 0.952. The molecule has 2 heterocycles. The van der Waals surface area contributed by atoms with Gasteiger partial charge in [0.2, 0.25) is 5.91 Å². The van der Waals surface area contributed by atoms with E-state index in [2.05, 4.69) is 20.5 Å². The van der Waals surface area contributed by atoms with Gasteiger partial charge < -0.3 is 9.47 Å². The van der Waals surface area contributed by atoms with Gasteiger partial charge in [-0.15, -0.1) is 0 Å². The van der Waals surface area contributed by atoms with Crippen molar-refractivity contribution >= 4 is 23.7 Å². The lowest BCUT2D eigenvalue weighted by atomic mass is 10.3. The summed E-state index contributed by atoms with van der Waals surface area (Å²) >= 11 is 0. The fourth-order valence-electron chi connectivity index (χ4n) is 2.02. The third-order valence-electron chi connectivity index (χ3n) is 3.16. The monoisotopic (exact) mass is 314 g/mol. The Hall–Kier alpha value is -3.03. The molecule has 1 N–H and O–H groups in total. The highest BCUT2D eigenvalue weighted by molar-refractivity contribution is 6.05. The van der Waals surface area contributed by atoms with Crippen molar-refractivity contribution in [2.45, 2.75) is 13.8 Å². The van der Waals surface area contributed by atoms with Crippen molar-refractivity contribution in [2.75, 3.05) is 11.4 Å². The fraction of sp³-hybridized carbons (Fsp3) is 0.267. The summed E-state index contributed by atoms with van der Waals surface area (Å²) in [5.41, 5.74) is 3.43. The molecule has 0 aliphatic heterocycles. The van der Waals surface area contributed by atoms with Crippen LogP contribution in [0.15, 0.2) is 35.8 Å². The first-order chi connectivity index (χ1) is 11.0. The van der Waals surface area contributed by atoms with Crippen LogP contribution < -0.4 is 10.3 Å². The molecule has 2 rings (SSSR count). The molecule has 8 heteroatoms. The van der Waals surface area contributed by atoms with Crippen LogP contribution in [0.25, 0.3) is 0 Å². The van der Waals surface area contributed by atoms with Crippen LogP contribution >= 0.6 is 0 Å². The molecule has 23 heavy (non-hydrogen) atoms. The van der Waals surface area contributed by atoms with E-state index in [9.17, 15) is 9.59 Å². The average Bonchev–Trinajstić information content (AvgIpc) is 2.90. The number of rotatable bonds is 5.